The molecule has 3 nitrogen and oxygen atoms in total. The lowest BCUT2D eigenvalue weighted by atomic mass is 10.1. The summed E-state index contributed by atoms with van der Waals surface area (Å²) in [5, 5.41) is 9.43. The van der Waals surface area contributed by atoms with Crippen LogP contribution in [0.25, 0.3) is 0 Å². The molecular formula is C13H15ClFNO2. The molecule has 0 aliphatic carbocycles. The molecule has 1 fully saturated rings. The van der Waals surface area contributed by atoms with Gasteiger partial charge in [0.25, 0.3) is 0 Å². The topological polar surface area (TPSA) is 40.5 Å². The third-order valence-electron chi connectivity index (χ3n) is 3.30. The van der Waals surface area contributed by atoms with Gasteiger partial charge in [0, 0.05) is 17.1 Å². The molecular weight excluding hydrogens is 257 g/mol. The summed E-state index contributed by atoms with van der Waals surface area (Å²) in [6, 6.07) is 4.24. The van der Waals surface area contributed by atoms with Gasteiger partial charge in [-0.15, -0.1) is 0 Å². The zero-order valence-corrected chi connectivity index (χ0v) is 10.7. The summed E-state index contributed by atoms with van der Waals surface area (Å²) in [7, 11) is 0. The highest BCUT2D eigenvalue weighted by Crippen LogP contribution is 2.23. The highest BCUT2D eigenvalue weighted by atomic mass is 35.5. The van der Waals surface area contributed by atoms with Crippen LogP contribution in [0.15, 0.2) is 18.2 Å². The van der Waals surface area contributed by atoms with Crippen LogP contribution in [-0.2, 0) is 11.2 Å². The second-order valence-corrected chi connectivity index (χ2v) is 4.85. The fourth-order valence-electron chi connectivity index (χ4n) is 2.31. The minimum Gasteiger partial charge on any atom is -0.394 e. The average molecular weight is 272 g/mol. The first-order chi connectivity index (χ1) is 8.63. The number of amides is 1. The van der Waals surface area contributed by atoms with Gasteiger partial charge in [-0.1, -0.05) is 17.7 Å². The van der Waals surface area contributed by atoms with Crippen LogP contribution in [0, 0.1) is 5.82 Å². The molecule has 1 unspecified atom stereocenters. The first kappa shape index (κ1) is 13.3. The van der Waals surface area contributed by atoms with E-state index >= 15 is 0 Å². The summed E-state index contributed by atoms with van der Waals surface area (Å²) in [6.45, 7) is 0.576. The normalized spacial score (nSPS) is 19.3. The molecule has 0 saturated carbocycles. The Labute approximate surface area is 110 Å². The smallest absolute Gasteiger partial charge is 0.227 e. The number of likely N-dealkylation sites (tertiary alicyclic amines) is 1. The summed E-state index contributed by atoms with van der Waals surface area (Å²) >= 11 is 5.89. The van der Waals surface area contributed by atoms with Crippen LogP contribution in [0.4, 0.5) is 4.39 Å². The number of hydrogen-bond acceptors (Lipinski definition) is 2. The number of nitrogens with zero attached hydrogens (tertiary/aromatic N) is 1. The van der Waals surface area contributed by atoms with Crippen molar-refractivity contribution < 1.29 is 14.3 Å². The molecule has 1 aromatic rings. The maximum absolute atomic E-state index is 13.6. The molecule has 1 N–H and O–H groups in total. The van der Waals surface area contributed by atoms with E-state index < -0.39 is 5.82 Å². The summed E-state index contributed by atoms with van der Waals surface area (Å²) in [5.41, 5.74) is 0.229. The van der Waals surface area contributed by atoms with E-state index in [4.69, 9.17) is 16.7 Å². The maximum atomic E-state index is 13.6. The van der Waals surface area contributed by atoms with E-state index in [2.05, 4.69) is 0 Å². The second kappa shape index (κ2) is 5.67. The Morgan fingerprint density at radius 2 is 2.33 bits per heavy atom. The molecule has 5 heteroatoms. The van der Waals surface area contributed by atoms with Crippen LogP contribution < -0.4 is 0 Å². The van der Waals surface area contributed by atoms with E-state index in [1.165, 1.54) is 12.1 Å². The van der Waals surface area contributed by atoms with E-state index in [0.29, 0.717) is 6.54 Å². The van der Waals surface area contributed by atoms with Gasteiger partial charge in [0.1, 0.15) is 5.82 Å². The number of halogens is 2. The number of benzene rings is 1. The first-order valence-corrected chi connectivity index (χ1v) is 6.34. The van der Waals surface area contributed by atoms with Crippen LogP contribution in [0.3, 0.4) is 0 Å². The van der Waals surface area contributed by atoms with Crippen molar-refractivity contribution in [2.45, 2.75) is 25.3 Å². The van der Waals surface area contributed by atoms with Gasteiger partial charge in [0.2, 0.25) is 5.91 Å². The number of rotatable bonds is 3. The highest BCUT2D eigenvalue weighted by Gasteiger charge is 2.28. The van der Waals surface area contributed by atoms with E-state index in [9.17, 15) is 9.18 Å². The van der Waals surface area contributed by atoms with Gasteiger partial charge in [-0.2, -0.15) is 0 Å². The SMILES string of the molecule is O=C(Cc1c(F)cccc1Cl)N1CCCC1CO. The molecule has 1 saturated heterocycles. The van der Waals surface area contributed by atoms with Gasteiger partial charge in [-0.3, -0.25) is 4.79 Å². The van der Waals surface area contributed by atoms with Crippen molar-refractivity contribution in [1.29, 1.82) is 0 Å². The molecule has 98 valence electrons. The van der Waals surface area contributed by atoms with E-state index in [1.54, 1.807) is 11.0 Å². The van der Waals surface area contributed by atoms with Gasteiger partial charge < -0.3 is 10.0 Å². The molecule has 1 aliphatic heterocycles. The largest absolute Gasteiger partial charge is 0.394 e. The number of aliphatic hydroxyl groups excluding tert-OH is 1. The predicted octanol–water partition coefficient (Wildman–Crippen LogP) is 2.00. The molecule has 1 amide bonds. The van der Waals surface area contributed by atoms with Crippen molar-refractivity contribution in [3.05, 3.63) is 34.6 Å². The van der Waals surface area contributed by atoms with Crippen LogP contribution in [0.2, 0.25) is 5.02 Å². The fraction of sp³-hybridized carbons (Fsp3) is 0.462. The standard InChI is InChI=1S/C13H15ClFNO2/c14-11-4-1-5-12(15)10(11)7-13(18)16-6-2-3-9(16)8-17/h1,4-5,9,17H,2-3,6-8H2. The van der Waals surface area contributed by atoms with Gasteiger partial charge in [-0.05, 0) is 25.0 Å². The Morgan fingerprint density at radius 3 is 3.00 bits per heavy atom. The zero-order chi connectivity index (χ0) is 13.1. The lowest BCUT2D eigenvalue weighted by Gasteiger charge is -2.23. The fourth-order valence-corrected chi connectivity index (χ4v) is 2.54. The Hall–Kier alpha value is -1.13. The van der Waals surface area contributed by atoms with Gasteiger partial charge in [0.05, 0.1) is 19.1 Å². The van der Waals surface area contributed by atoms with Crippen molar-refractivity contribution in [3.63, 3.8) is 0 Å². The lowest BCUT2D eigenvalue weighted by Crippen LogP contribution is -2.38. The molecule has 1 atom stereocenters. The van der Waals surface area contributed by atoms with Crippen molar-refractivity contribution in [3.8, 4) is 0 Å². The van der Waals surface area contributed by atoms with Crippen LogP contribution in [-0.4, -0.2) is 35.1 Å². The molecule has 18 heavy (non-hydrogen) atoms. The van der Waals surface area contributed by atoms with Crippen molar-refractivity contribution >= 4 is 17.5 Å². The Balaban J connectivity index is 2.12. The van der Waals surface area contributed by atoms with Gasteiger partial charge in [0.15, 0.2) is 0 Å². The molecule has 0 spiro atoms. The first-order valence-electron chi connectivity index (χ1n) is 5.96. The summed E-state index contributed by atoms with van der Waals surface area (Å²) in [6.07, 6.45) is 1.62. The van der Waals surface area contributed by atoms with E-state index in [1.807, 2.05) is 0 Å². The Morgan fingerprint density at radius 1 is 1.56 bits per heavy atom. The van der Waals surface area contributed by atoms with Crippen molar-refractivity contribution in [1.82, 2.24) is 4.90 Å². The van der Waals surface area contributed by atoms with Gasteiger partial charge >= 0.3 is 0 Å². The molecule has 0 bridgehead atoms. The van der Waals surface area contributed by atoms with Crippen molar-refractivity contribution in [2.24, 2.45) is 0 Å². The van der Waals surface area contributed by atoms with Gasteiger partial charge in [-0.25, -0.2) is 4.39 Å². The molecule has 1 heterocycles. The number of carbonyl (C=O) groups excluding carboxylic acids is 1. The quantitative estimate of drug-likeness (QED) is 0.914. The average Bonchev–Trinajstić information content (AvgIpc) is 2.82. The molecule has 1 aliphatic rings. The monoisotopic (exact) mass is 271 g/mol. The highest BCUT2D eigenvalue weighted by molar-refractivity contribution is 6.31. The third kappa shape index (κ3) is 2.65. The van der Waals surface area contributed by atoms with Crippen molar-refractivity contribution in [2.75, 3.05) is 13.2 Å². The van der Waals surface area contributed by atoms with E-state index in [-0.39, 0.29) is 35.6 Å². The summed E-state index contributed by atoms with van der Waals surface area (Å²) < 4.78 is 13.6. The summed E-state index contributed by atoms with van der Waals surface area (Å²) in [4.78, 5) is 13.7. The molecule has 2 rings (SSSR count). The minimum absolute atomic E-state index is 0.0449. The molecule has 0 aromatic heterocycles. The Bertz CT molecular complexity index is 432. The molecule has 0 radical (unpaired) electrons. The van der Waals surface area contributed by atoms with Crippen LogP contribution in [0.1, 0.15) is 18.4 Å². The number of carbonyl (C=O) groups is 1. The zero-order valence-electron chi connectivity index (χ0n) is 9.90. The third-order valence-corrected chi connectivity index (χ3v) is 3.65. The number of hydrogen-bond donors (Lipinski definition) is 1. The lowest BCUT2D eigenvalue weighted by molar-refractivity contribution is -0.132. The summed E-state index contributed by atoms with van der Waals surface area (Å²) in [5.74, 6) is -0.644. The predicted molar refractivity (Wildman–Crippen MR) is 66.9 cm³/mol. The minimum atomic E-state index is -0.462. The maximum Gasteiger partial charge on any atom is 0.227 e. The van der Waals surface area contributed by atoms with E-state index in [0.717, 1.165) is 12.8 Å². The van der Waals surface area contributed by atoms with Crippen LogP contribution >= 0.6 is 11.6 Å². The Kier molecular flexibility index (Phi) is 4.19. The molecule has 1 aromatic carbocycles. The second-order valence-electron chi connectivity index (χ2n) is 4.44. The number of aliphatic hydroxyl groups is 1. The van der Waals surface area contributed by atoms with Crippen LogP contribution in [0.5, 0.6) is 0 Å².